The molecule has 8 nitrogen and oxygen atoms in total. The van der Waals surface area contributed by atoms with Gasteiger partial charge in [-0.2, -0.15) is 0 Å². The number of aromatic nitrogens is 1. The maximum atomic E-state index is 13.0. The first-order valence-corrected chi connectivity index (χ1v) is 12.0. The minimum Gasteiger partial charge on any atom is -0.361 e. The van der Waals surface area contributed by atoms with Crippen molar-refractivity contribution in [1.29, 1.82) is 0 Å². The Morgan fingerprint density at radius 2 is 1.68 bits per heavy atom. The summed E-state index contributed by atoms with van der Waals surface area (Å²) in [6.45, 7) is 6.93. The highest BCUT2D eigenvalue weighted by atomic mass is 32.2. The van der Waals surface area contributed by atoms with Crippen molar-refractivity contribution in [1.82, 2.24) is 19.9 Å². The molecule has 1 aromatic carbocycles. The van der Waals surface area contributed by atoms with Crippen LogP contribution in [0.3, 0.4) is 0 Å². The van der Waals surface area contributed by atoms with E-state index in [0.717, 1.165) is 24.0 Å². The highest BCUT2D eigenvalue weighted by molar-refractivity contribution is 7.89. The molecule has 1 aliphatic rings. The van der Waals surface area contributed by atoms with Gasteiger partial charge in [-0.3, -0.25) is 9.59 Å². The molecule has 2 aromatic rings. The fraction of sp³-hybridized carbons (Fsp3) is 0.455. The minimum absolute atomic E-state index is 0.00293. The van der Waals surface area contributed by atoms with Crippen LogP contribution in [0.4, 0.5) is 0 Å². The maximum Gasteiger partial charge on any atom is 0.257 e. The van der Waals surface area contributed by atoms with Crippen molar-refractivity contribution in [2.75, 3.05) is 19.6 Å². The number of nitrogens with one attached hydrogen (secondary N) is 3. The number of aryl methyl sites for hydroxylation is 3. The van der Waals surface area contributed by atoms with Gasteiger partial charge >= 0.3 is 0 Å². The van der Waals surface area contributed by atoms with Crippen LogP contribution in [0.5, 0.6) is 0 Å². The summed E-state index contributed by atoms with van der Waals surface area (Å²) < 4.78 is 28.4. The molecule has 0 bridgehead atoms. The summed E-state index contributed by atoms with van der Waals surface area (Å²) in [6, 6.07) is 7.82. The van der Waals surface area contributed by atoms with Crippen molar-refractivity contribution in [2.24, 2.45) is 0 Å². The Bertz CT molecular complexity index is 1050. The van der Waals surface area contributed by atoms with E-state index in [9.17, 15) is 18.0 Å². The van der Waals surface area contributed by atoms with E-state index < -0.39 is 10.0 Å². The summed E-state index contributed by atoms with van der Waals surface area (Å²) in [5.41, 5.74) is 3.25. The summed E-state index contributed by atoms with van der Waals surface area (Å²) in [6.07, 6.45) is 1.85. The Kier molecular flexibility index (Phi) is 7.17. The van der Waals surface area contributed by atoms with Crippen LogP contribution in [0.1, 0.15) is 52.1 Å². The van der Waals surface area contributed by atoms with Crippen LogP contribution in [0.15, 0.2) is 29.2 Å². The zero-order valence-electron chi connectivity index (χ0n) is 18.2. The monoisotopic (exact) mass is 446 g/mol. The summed E-state index contributed by atoms with van der Waals surface area (Å²) in [7, 11) is -3.95. The van der Waals surface area contributed by atoms with Crippen LogP contribution in [0.25, 0.3) is 0 Å². The van der Waals surface area contributed by atoms with E-state index in [0.29, 0.717) is 31.0 Å². The van der Waals surface area contributed by atoms with Crippen molar-refractivity contribution in [2.45, 2.75) is 51.5 Å². The number of carbonyl (C=O) groups is 2. The second-order valence-electron chi connectivity index (χ2n) is 7.99. The van der Waals surface area contributed by atoms with Crippen LogP contribution >= 0.6 is 0 Å². The van der Waals surface area contributed by atoms with Crippen LogP contribution in [0.2, 0.25) is 0 Å². The average molecular weight is 447 g/mol. The molecule has 168 valence electrons. The topological polar surface area (TPSA) is 111 Å². The van der Waals surface area contributed by atoms with Crippen LogP contribution < -0.4 is 10.0 Å². The van der Waals surface area contributed by atoms with Gasteiger partial charge in [0.1, 0.15) is 4.90 Å². The Balaban J connectivity index is 1.61. The summed E-state index contributed by atoms with van der Waals surface area (Å²) >= 11 is 0. The molecule has 1 fully saturated rings. The lowest BCUT2D eigenvalue weighted by Gasteiger charge is -2.17. The first-order chi connectivity index (χ1) is 14.7. The third kappa shape index (κ3) is 5.54. The second-order valence-corrected chi connectivity index (χ2v) is 9.69. The van der Waals surface area contributed by atoms with E-state index in [2.05, 4.69) is 15.0 Å². The van der Waals surface area contributed by atoms with Gasteiger partial charge < -0.3 is 15.2 Å². The van der Waals surface area contributed by atoms with E-state index in [4.69, 9.17) is 0 Å². The average Bonchev–Trinajstić information content (AvgIpc) is 3.35. The maximum absolute atomic E-state index is 13.0. The minimum atomic E-state index is -3.95. The van der Waals surface area contributed by atoms with Crippen LogP contribution in [0, 0.1) is 20.8 Å². The number of likely N-dealkylation sites (tertiary alicyclic amines) is 1. The van der Waals surface area contributed by atoms with Crippen molar-refractivity contribution >= 4 is 21.8 Å². The Morgan fingerprint density at radius 1 is 1.03 bits per heavy atom. The van der Waals surface area contributed by atoms with Crippen LogP contribution in [-0.4, -0.2) is 49.8 Å². The van der Waals surface area contributed by atoms with Gasteiger partial charge in [0.15, 0.2) is 0 Å². The highest BCUT2D eigenvalue weighted by Gasteiger charge is 2.32. The third-order valence-electron chi connectivity index (χ3n) is 5.45. The Morgan fingerprint density at radius 3 is 2.32 bits per heavy atom. The number of carbonyl (C=O) groups excluding carboxylic acids is 2. The number of rotatable bonds is 8. The lowest BCUT2D eigenvalue weighted by atomic mass is 10.1. The molecule has 0 atom stereocenters. The first kappa shape index (κ1) is 23.0. The smallest absolute Gasteiger partial charge is 0.257 e. The number of hydrogen-bond acceptors (Lipinski definition) is 4. The van der Waals surface area contributed by atoms with E-state index in [-0.39, 0.29) is 35.2 Å². The predicted octanol–water partition coefficient (Wildman–Crippen LogP) is 2.16. The normalized spacial score (nSPS) is 14.1. The van der Waals surface area contributed by atoms with Crippen molar-refractivity contribution in [3.8, 4) is 0 Å². The molecule has 2 amide bonds. The molecule has 1 aromatic heterocycles. The molecular formula is C22H30N4O4S. The molecule has 1 aliphatic heterocycles. The van der Waals surface area contributed by atoms with Gasteiger partial charge in [-0.25, -0.2) is 13.1 Å². The van der Waals surface area contributed by atoms with Gasteiger partial charge in [-0.1, -0.05) is 29.8 Å². The van der Waals surface area contributed by atoms with E-state index in [1.165, 1.54) is 0 Å². The largest absolute Gasteiger partial charge is 0.361 e. The fourth-order valence-electron chi connectivity index (χ4n) is 3.80. The van der Waals surface area contributed by atoms with E-state index in [1.807, 2.05) is 31.2 Å². The summed E-state index contributed by atoms with van der Waals surface area (Å²) in [5, 5.41) is 2.79. The zero-order chi connectivity index (χ0) is 22.6. The molecule has 0 unspecified atom stereocenters. The molecule has 31 heavy (non-hydrogen) atoms. The Labute approximate surface area is 183 Å². The van der Waals surface area contributed by atoms with Gasteiger partial charge in [-0.15, -0.1) is 0 Å². The van der Waals surface area contributed by atoms with Gasteiger partial charge in [0.25, 0.3) is 5.91 Å². The number of sulfonamides is 1. The number of H-pyrrole nitrogens is 1. The second kappa shape index (κ2) is 9.65. The molecule has 0 radical (unpaired) electrons. The van der Waals surface area contributed by atoms with E-state index >= 15 is 0 Å². The van der Waals surface area contributed by atoms with Gasteiger partial charge in [-0.05, 0) is 39.2 Å². The molecule has 3 rings (SSSR count). The number of aromatic amines is 1. The molecule has 2 heterocycles. The number of nitrogens with zero attached hydrogens (tertiary/aromatic N) is 1. The molecule has 3 N–H and O–H groups in total. The molecule has 1 saturated heterocycles. The number of amides is 2. The van der Waals surface area contributed by atoms with Gasteiger partial charge in [0, 0.05) is 44.0 Å². The Hall–Kier alpha value is -2.65. The third-order valence-corrected chi connectivity index (χ3v) is 7.08. The predicted molar refractivity (Wildman–Crippen MR) is 118 cm³/mol. The van der Waals surface area contributed by atoms with Crippen LogP contribution in [-0.2, 0) is 21.4 Å². The molecule has 0 aliphatic carbocycles. The van der Waals surface area contributed by atoms with Crippen molar-refractivity contribution in [3.63, 3.8) is 0 Å². The quantitative estimate of drug-likeness (QED) is 0.577. The molecule has 0 spiro atoms. The first-order valence-electron chi connectivity index (χ1n) is 10.5. The van der Waals surface area contributed by atoms with Crippen molar-refractivity contribution < 1.29 is 18.0 Å². The molecular weight excluding hydrogens is 416 g/mol. The fourth-order valence-corrected chi connectivity index (χ4v) is 5.27. The highest BCUT2D eigenvalue weighted by Crippen LogP contribution is 2.26. The summed E-state index contributed by atoms with van der Waals surface area (Å²) in [4.78, 5) is 29.7. The SMILES string of the molecule is Cc1ccc(CNC(=O)CCNS(=O)(=O)c2c(C)[nH]c(C)c2C(=O)N2CCCC2)cc1. The standard InChI is InChI=1S/C22H30N4O4S/c1-15-6-8-18(9-7-15)14-23-19(27)10-11-24-31(29,30)21-17(3)25-16(2)20(21)22(28)26-12-4-5-13-26/h6-9,24-25H,4-5,10-14H2,1-3H3,(H,23,27). The number of benzene rings is 1. The zero-order valence-corrected chi connectivity index (χ0v) is 19.1. The lowest BCUT2D eigenvalue weighted by molar-refractivity contribution is -0.121. The molecule has 0 saturated carbocycles. The van der Waals surface area contributed by atoms with Gasteiger partial charge in [0.2, 0.25) is 15.9 Å². The van der Waals surface area contributed by atoms with Crippen molar-refractivity contribution in [3.05, 3.63) is 52.3 Å². The van der Waals surface area contributed by atoms with E-state index in [1.54, 1.807) is 18.7 Å². The molecule has 9 heteroatoms. The summed E-state index contributed by atoms with van der Waals surface area (Å²) in [5.74, 6) is -0.519. The lowest BCUT2D eigenvalue weighted by Crippen LogP contribution is -2.33. The number of hydrogen-bond donors (Lipinski definition) is 3. The van der Waals surface area contributed by atoms with Gasteiger partial charge in [0.05, 0.1) is 5.56 Å².